The summed E-state index contributed by atoms with van der Waals surface area (Å²) >= 11 is 1.87. The van der Waals surface area contributed by atoms with Gasteiger partial charge in [0.05, 0.1) is 11.4 Å². The zero-order chi connectivity index (χ0) is 36.6. The lowest BCUT2D eigenvalue weighted by molar-refractivity contribution is 1.18. The van der Waals surface area contributed by atoms with Gasteiger partial charge >= 0.3 is 0 Å². The molecule has 0 aliphatic heterocycles. The van der Waals surface area contributed by atoms with E-state index in [1.807, 2.05) is 54.1 Å². The Labute approximate surface area is 323 Å². The van der Waals surface area contributed by atoms with E-state index in [9.17, 15) is 0 Å². The first-order valence-electron chi connectivity index (χ1n) is 18.4. The highest BCUT2D eigenvalue weighted by Crippen LogP contribution is 2.44. The number of aromatic nitrogens is 3. The average molecular weight is 720 g/mol. The Hall–Kier alpha value is -7.01. The van der Waals surface area contributed by atoms with Crippen LogP contribution in [0.4, 0.5) is 0 Å². The van der Waals surface area contributed by atoms with Crippen LogP contribution in [0.1, 0.15) is 0 Å². The molecule has 0 N–H and O–H groups in total. The maximum Gasteiger partial charge on any atom is 0.160 e. The topological polar surface area (TPSA) is 38.7 Å². The smallest absolute Gasteiger partial charge is 0.160 e. The molecule has 0 aliphatic rings. The summed E-state index contributed by atoms with van der Waals surface area (Å²) in [7, 11) is 0. The molecule has 7 aromatic carbocycles. The van der Waals surface area contributed by atoms with Crippen LogP contribution in [0, 0.1) is 0 Å². The third-order valence-electron chi connectivity index (χ3n) is 10.3. The number of hydrogen-bond acceptors (Lipinski definition) is 4. The van der Waals surface area contributed by atoms with Gasteiger partial charge in [0.1, 0.15) is 0 Å². The fourth-order valence-electron chi connectivity index (χ4n) is 7.39. The predicted molar refractivity (Wildman–Crippen MR) is 231 cm³/mol. The number of fused-ring (bicyclic) bond motifs is 3. The summed E-state index contributed by atoms with van der Waals surface area (Å²) in [4.78, 5) is 14.4. The Morgan fingerprint density at radius 1 is 0.327 bits per heavy atom. The minimum Gasteiger partial charge on any atom is -0.264 e. The second-order valence-electron chi connectivity index (χ2n) is 13.6. The van der Waals surface area contributed by atoms with E-state index in [2.05, 4.69) is 163 Å². The minimum absolute atomic E-state index is 0.710. The molecule has 0 saturated heterocycles. The Bertz CT molecular complexity index is 2920. The second kappa shape index (κ2) is 14.1. The molecule has 0 radical (unpaired) electrons. The Morgan fingerprint density at radius 2 is 0.764 bits per heavy atom. The Kier molecular flexibility index (Phi) is 8.36. The number of thiophene rings is 1. The summed E-state index contributed by atoms with van der Waals surface area (Å²) in [6.07, 6.45) is 3.72. The molecule has 0 unspecified atom stereocenters. The molecular formula is C51H33N3S. The number of nitrogens with zero attached hydrogens (tertiary/aromatic N) is 3. The van der Waals surface area contributed by atoms with Crippen molar-refractivity contribution in [3.05, 3.63) is 200 Å². The quantitative estimate of drug-likeness (QED) is 0.165. The third kappa shape index (κ3) is 6.29. The minimum atomic E-state index is 0.710. The van der Waals surface area contributed by atoms with E-state index in [-0.39, 0.29) is 0 Å². The van der Waals surface area contributed by atoms with Gasteiger partial charge in [-0.05, 0) is 56.6 Å². The maximum absolute atomic E-state index is 5.09. The molecule has 0 bridgehead atoms. The van der Waals surface area contributed by atoms with E-state index in [0.717, 1.165) is 39.2 Å². The van der Waals surface area contributed by atoms with Gasteiger partial charge in [-0.3, -0.25) is 4.98 Å². The lowest BCUT2D eigenvalue weighted by Gasteiger charge is -2.11. The lowest BCUT2D eigenvalue weighted by atomic mass is 9.98. The van der Waals surface area contributed by atoms with Gasteiger partial charge in [-0.15, -0.1) is 11.3 Å². The molecule has 0 amide bonds. The summed E-state index contributed by atoms with van der Waals surface area (Å²) in [5.74, 6) is 0.710. The number of benzene rings is 7. The van der Waals surface area contributed by atoms with Crippen LogP contribution in [0.15, 0.2) is 200 Å². The maximum atomic E-state index is 5.09. The summed E-state index contributed by atoms with van der Waals surface area (Å²) in [6.45, 7) is 0. The van der Waals surface area contributed by atoms with Crippen molar-refractivity contribution in [1.82, 2.24) is 15.0 Å². The molecule has 4 heteroatoms. The van der Waals surface area contributed by atoms with E-state index in [1.165, 1.54) is 53.6 Å². The standard InChI is InChI=1S/C51H33N3S/c1-3-10-34(11-4-1)35-21-27-39(28-22-35)47-32-48(54-51(53-47)41-12-5-2-6-13-41)40-29-25-38(26-30-40)44-16-8-18-46-45-17-7-15-43(49(45)55-50(44)46)37-23-19-36(20-24-37)42-14-9-31-52-33-42/h1-33H. The average Bonchev–Trinajstić information content (AvgIpc) is 3.67. The van der Waals surface area contributed by atoms with Crippen molar-refractivity contribution in [2.45, 2.75) is 0 Å². The summed E-state index contributed by atoms with van der Waals surface area (Å²) in [6, 6.07) is 66.5. The molecule has 0 saturated carbocycles. The fourth-order valence-corrected chi connectivity index (χ4v) is 8.77. The molecule has 0 atom stereocenters. The van der Waals surface area contributed by atoms with Crippen LogP contribution in [0.5, 0.6) is 0 Å². The zero-order valence-electron chi connectivity index (χ0n) is 29.8. The molecular weight excluding hydrogens is 687 g/mol. The van der Waals surface area contributed by atoms with Gasteiger partial charge in [0, 0.05) is 49.3 Å². The van der Waals surface area contributed by atoms with Crippen LogP contribution in [-0.2, 0) is 0 Å². The largest absolute Gasteiger partial charge is 0.264 e. The van der Waals surface area contributed by atoms with Gasteiger partial charge in [-0.2, -0.15) is 0 Å². The lowest BCUT2D eigenvalue weighted by Crippen LogP contribution is -1.96. The van der Waals surface area contributed by atoms with Gasteiger partial charge < -0.3 is 0 Å². The molecule has 258 valence electrons. The first-order valence-corrected chi connectivity index (χ1v) is 19.2. The van der Waals surface area contributed by atoms with Crippen molar-refractivity contribution >= 4 is 31.5 Å². The molecule has 3 aromatic heterocycles. The van der Waals surface area contributed by atoms with Crippen LogP contribution in [-0.4, -0.2) is 15.0 Å². The van der Waals surface area contributed by atoms with Crippen LogP contribution < -0.4 is 0 Å². The SMILES string of the molecule is c1ccc(-c2ccc(-c3cc(-c4ccc(-c5cccc6c5sc5c(-c7ccc(-c8cccnc8)cc7)cccc56)cc4)nc(-c4ccccc4)n3)cc2)cc1. The molecule has 0 aliphatic carbocycles. The second-order valence-corrected chi connectivity index (χ2v) is 14.7. The number of hydrogen-bond donors (Lipinski definition) is 0. The van der Waals surface area contributed by atoms with E-state index >= 15 is 0 Å². The van der Waals surface area contributed by atoms with Crippen molar-refractivity contribution < 1.29 is 0 Å². The van der Waals surface area contributed by atoms with Crippen molar-refractivity contribution in [2.75, 3.05) is 0 Å². The van der Waals surface area contributed by atoms with Gasteiger partial charge in [0.15, 0.2) is 5.82 Å². The number of pyridine rings is 1. The summed E-state index contributed by atoms with van der Waals surface area (Å²) in [5, 5.41) is 2.56. The monoisotopic (exact) mass is 719 g/mol. The fraction of sp³-hybridized carbons (Fsp3) is 0. The van der Waals surface area contributed by atoms with Crippen molar-refractivity contribution in [3.8, 4) is 78.4 Å². The van der Waals surface area contributed by atoms with E-state index in [0.29, 0.717) is 5.82 Å². The van der Waals surface area contributed by atoms with Gasteiger partial charge in [0.2, 0.25) is 0 Å². The highest BCUT2D eigenvalue weighted by Gasteiger charge is 2.16. The first-order chi connectivity index (χ1) is 27.2. The van der Waals surface area contributed by atoms with Crippen molar-refractivity contribution in [3.63, 3.8) is 0 Å². The van der Waals surface area contributed by atoms with E-state index in [4.69, 9.17) is 9.97 Å². The van der Waals surface area contributed by atoms with Crippen LogP contribution in [0.3, 0.4) is 0 Å². The number of rotatable bonds is 7. The Morgan fingerprint density at radius 3 is 1.27 bits per heavy atom. The highest BCUT2D eigenvalue weighted by molar-refractivity contribution is 7.26. The van der Waals surface area contributed by atoms with E-state index in [1.54, 1.807) is 0 Å². The molecule has 0 spiro atoms. The Balaban J connectivity index is 1.01. The third-order valence-corrected chi connectivity index (χ3v) is 11.5. The molecule has 10 rings (SSSR count). The summed E-state index contributed by atoms with van der Waals surface area (Å²) < 4.78 is 2.59. The molecule has 10 aromatic rings. The molecule has 3 heterocycles. The highest BCUT2D eigenvalue weighted by atomic mass is 32.1. The molecule has 0 fully saturated rings. The van der Waals surface area contributed by atoms with Gasteiger partial charge in [-0.25, -0.2) is 9.97 Å². The zero-order valence-corrected chi connectivity index (χ0v) is 30.6. The van der Waals surface area contributed by atoms with E-state index < -0.39 is 0 Å². The predicted octanol–water partition coefficient (Wildman–Crippen LogP) is 13.9. The van der Waals surface area contributed by atoms with Crippen LogP contribution >= 0.6 is 11.3 Å². The van der Waals surface area contributed by atoms with Crippen LogP contribution in [0.2, 0.25) is 0 Å². The van der Waals surface area contributed by atoms with Gasteiger partial charge in [0.25, 0.3) is 0 Å². The molecule has 55 heavy (non-hydrogen) atoms. The van der Waals surface area contributed by atoms with Crippen molar-refractivity contribution in [2.24, 2.45) is 0 Å². The van der Waals surface area contributed by atoms with Crippen LogP contribution in [0.25, 0.3) is 98.6 Å². The first kappa shape index (κ1) is 32.6. The van der Waals surface area contributed by atoms with Gasteiger partial charge in [-0.1, -0.05) is 176 Å². The summed E-state index contributed by atoms with van der Waals surface area (Å²) in [5.41, 5.74) is 14.4. The van der Waals surface area contributed by atoms with Crippen molar-refractivity contribution in [1.29, 1.82) is 0 Å². The normalized spacial score (nSPS) is 11.3. The molecule has 3 nitrogen and oxygen atoms in total.